The van der Waals surface area contributed by atoms with Gasteiger partial charge in [-0.15, -0.1) is 0 Å². The molecule has 0 fully saturated rings. The first-order valence-corrected chi connectivity index (χ1v) is 11.0. The molecule has 0 aromatic heterocycles. The fourth-order valence-corrected chi connectivity index (χ4v) is 3.53. The minimum atomic E-state index is -0.108. The number of carbonyl (C=O) groups excluding carboxylic acids is 1. The van der Waals surface area contributed by atoms with Crippen LogP contribution in [0.5, 0.6) is 17.2 Å². The Morgan fingerprint density at radius 2 is 1.38 bits per heavy atom. The Bertz CT molecular complexity index is 1230. The van der Waals surface area contributed by atoms with Gasteiger partial charge in [0.25, 0.3) is 0 Å². The van der Waals surface area contributed by atoms with E-state index in [9.17, 15) is 4.79 Å². The van der Waals surface area contributed by atoms with Crippen LogP contribution in [0.1, 0.15) is 33.4 Å². The molecular formula is C30H30O4. The van der Waals surface area contributed by atoms with Gasteiger partial charge in [-0.25, -0.2) is 0 Å². The first-order valence-electron chi connectivity index (χ1n) is 11.0. The van der Waals surface area contributed by atoms with E-state index in [1.54, 1.807) is 45.6 Å². The first kappa shape index (κ1) is 24.6. The van der Waals surface area contributed by atoms with Crippen LogP contribution in [-0.2, 0) is 4.79 Å². The summed E-state index contributed by atoms with van der Waals surface area (Å²) in [6.07, 6.45) is 10.7. The van der Waals surface area contributed by atoms with E-state index in [4.69, 9.17) is 14.2 Å². The topological polar surface area (TPSA) is 44.8 Å². The molecule has 0 aliphatic rings. The van der Waals surface area contributed by atoms with Crippen molar-refractivity contribution < 1.29 is 19.0 Å². The van der Waals surface area contributed by atoms with Crippen molar-refractivity contribution in [3.63, 3.8) is 0 Å². The predicted octanol–water partition coefficient (Wildman–Crippen LogP) is 6.80. The van der Waals surface area contributed by atoms with Crippen molar-refractivity contribution in [3.8, 4) is 17.2 Å². The molecule has 0 amide bonds. The Balaban J connectivity index is 1.89. The Morgan fingerprint density at radius 1 is 0.676 bits per heavy atom. The molecule has 4 nitrogen and oxygen atoms in total. The Kier molecular flexibility index (Phi) is 8.47. The summed E-state index contributed by atoms with van der Waals surface area (Å²) in [5.41, 5.74) is 6.04. The second kappa shape index (κ2) is 11.7. The molecule has 0 spiro atoms. The second-order valence-electron chi connectivity index (χ2n) is 7.87. The maximum atomic E-state index is 12.6. The Hall–Kier alpha value is -4.05. The minimum Gasteiger partial charge on any atom is -0.497 e. The van der Waals surface area contributed by atoms with E-state index < -0.39 is 0 Å². The molecule has 4 heteroatoms. The van der Waals surface area contributed by atoms with E-state index in [1.165, 1.54) is 5.56 Å². The summed E-state index contributed by atoms with van der Waals surface area (Å²) >= 11 is 0. The van der Waals surface area contributed by atoms with Crippen molar-refractivity contribution in [2.45, 2.75) is 13.8 Å². The molecule has 3 aromatic carbocycles. The van der Waals surface area contributed by atoms with Crippen LogP contribution in [0.25, 0.3) is 24.3 Å². The van der Waals surface area contributed by atoms with E-state index >= 15 is 0 Å². The number of allylic oxidation sites excluding steroid dienone is 2. The average Bonchev–Trinajstić information content (AvgIpc) is 2.85. The Labute approximate surface area is 201 Å². The van der Waals surface area contributed by atoms with Crippen LogP contribution in [0.3, 0.4) is 0 Å². The van der Waals surface area contributed by atoms with Gasteiger partial charge in [-0.3, -0.25) is 4.79 Å². The monoisotopic (exact) mass is 454 g/mol. The van der Waals surface area contributed by atoms with Crippen LogP contribution in [-0.4, -0.2) is 27.1 Å². The highest BCUT2D eigenvalue weighted by atomic mass is 16.5. The molecule has 34 heavy (non-hydrogen) atoms. The molecule has 0 bridgehead atoms. The van der Waals surface area contributed by atoms with Gasteiger partial charge in [0.2, 0.25) is 0 Å². The summed E-state index contributed by atoms with van der Waals surface area (Å²) in [5, 5.41) is 0. The van der Waals surface area contributed by atoms with Crippen molar-refractivity contribution >= 4 is 30.1 Å². The van der Waals surface area contributed by atoms with Crippen LogP contribution >= 0.6 is 0 Å². The third kappa shape index (κ3) is 6.48. The molecular weight excluding hydrogens is 424 g/mol. The number of ether oxygens (including phenoxy) is 3. The maximum Gasteiger partial charge on any atom is 0.178 e. The molecule has 0 aliphatic heterocycles. The third-order valence-electron chi connectivity index (χ3n) is 5.44. The van der Waals surface area contributed by atoms with Gasteiger partial charge in [0.05, 0.1) is 21.3 Å². The van der Waals surface area contributed by atoms with Crippen LogP contribution < -0.4 is 14.2 Å². The van der Waals surface area contributed by atoms with Gasteiger partial charge >= 0.3 is 0 Å². The molecule has 3 aromatic rings. The smallest absolute Gasteiger partial charge is 0.178 e. The van der Waals surface area contributed by atoms with E-state index in [0.29, 0.717) is 11.5 Å². The molecule has 0 aliphatic carbocycles. The van der Waals surface area contributed by atoms with E-state index in [0.717, 1.165) is 33.6 Å². The number of ketones is 1. The standard InChI is InChI=1S/C30H30O4/c1-21-6-10-24(22(2)18-21)12-13-26(31)14-17-29-25(19-28(33-4)20-30(29)34-5)11-7-23-8-15-27(32-3)16-9-23/h6-20H,1-5H3/b11-7+,13-12+,17-14+. The van der Waals surface area contributed by atoms with Crippen molar-refractivity contribution in [1.29, 1.82) is 0 Å². The fourth-order valence-electron chi connectivity index (χ4n) is 3.53. The lowest BCUT2D eigenvalue weighted by Crippen LogP contribution is -1.94. The summed E-state index contributed by atoms with van der Waals surface area (Å²) < 4.78 is 16.2. The highest BCUT2D eigenvalue weighted by Crippen LogP contribution is 2.31. The van der Waals surface area contributed by atoms with Crippen molar-refractivity contribution in [2.24, 2.45) is 0 Å². The van der Waals surface area contributed by atoms with Crippen molar-refractivity contribution in [2.75, 3.05) is 21.3 Å². The van der Waals surface area contributed by atoms with Gasteiger partial charge in [0.1, 0.15) is 17.2 Å². The molecule has 174 valence electrons. The average molecular weight is 455 g/mol. The van der Waals surface area contributed by atoms with E-state index in [-0.39, 0.29) is 5.78 Å². The third-order valence-corrected chi connectivity index (χ3v) is 5.44. The zero-order chi connectivity index (χ0) is 24.5. The SMILES string of the molecule is COc1ccc(/C=C/c2cc(OC)cc(OC)c2/C=C/C(=O)/C=C/c2ccc(C)cc2C)cc1. The van der Waals surface area contributed by atoms with Gasteiger partial charge in [-0.2, -0.15) is 0 Å². The summed E-state index contributed by atoms with van der Waals surface area (Å²) in [5.74, 6) is 1.99. The van der Waals surface area contributed by atoms with E-state index in [2.05, 4.69) is 13.0 Å². The van der Waals surface area contributed by atoms with Gasteiger partial charge in [-0.05, 0) is 72.5 Å². The lowest BCUT2D eigenvalue weighted by atomic mass is 10.0. The zero-order valence-corrected chi connectivity index (χ0v) is 20.3. The quantitative estimate of drug-likeness (QED) is 0.264. The normalized spacial score (nSPS) is 11.4. The number of hydrogen-bond acceptors (Lipinski definition) is 4. The number of benzene rings is 3. The van der Waals surface area contributed by atoms with Crippen LogP contribution in [0, 0.1) is 13.8 Å². The van der Waals surface area contributed by atoms with Gasteiger partial charge in [0.15, 0.2) is 5.78 Å². The molecule has 0 saturated carbocycles. The molecule has 0 heterocycles. The van der Waals surface area contributed by atoms with Gasteiger partial charge < -0.3 is 14.2 Å². The zero-order valence-electron chi connectivity index (χ0n) is 20.3. The first-order chi connectivity index (χ1) is 16.4. The largest absolute Gasteiger partial charge is 0.497 e. The number of rotatable bonds is 9. The van der Waals surface area contributed by atoms with Crippen LogP contribution in [0.4, 0.5) is 0 Å². The molecule has 3 rings (SSSR count). The number of carbonyl (C=O) groups is 1. The maximum absolute atomic E-state index is 12.6. The predicted molar refractivity (Wildman–Crippen MR) is 140 cm³/mol. The van der Waals surface area contributed by atoms with E-state index in [1.807, 2.05) is 67.6 Å². The lowest BCUT2D eigenvalue weighted by Gasteiger charge is -2.11. The summed E-state index contributed by atoms with van der Waals surface area (Å²) in [6, 6.07) is 17.7. The lowest BCUT2D eigenvalue weighted by molar-refractivity contribution is -0.110. The highest BCUT2D eigenvalue weighted by Gasteiger charge is 2.09. The molecule has 0 N–H and O–H groups in total. The van der Waals surface area contributed by atoms with Crippen LogP contribution in [0.15, 0.2) is 66.7 Å². The molecule has 0 saturated heterocycles. The summed E-state index contributed by atoms with van der Waals surface area (Å²) in [4.78, 5) is 12.6. The Morgan fingerprint density at radius 3 is 2.03 bits per heavy atom. The fraction of sp³-hybridized carbons (Fsp3) is 0.167. The summed E-state index contributed by atoms with van der Waals surface area (Å²) in [6.45, 7) is 4.09. The highest BCUT2D eigenvalue weighted by molar-refractivity contribution is 6.05. The molecule has 0 unspecified atom stereocenters. The second-order valence-corrected chi connectivity index (χ2v) is 7.87. The van der Waals surface area contributed by atoms with Crippen molar-refractivity contribution in [3.05, 3.63) is 100 Å². The molecule has 0 radical (unpaired) electrons. The number of methoxy groups -OCH3 is 3. The van der Waals surface area contributed by atoms with Crippen LogP contribution in [0.2, 0.25) is 0 Å². The van der Waals surface area contributed by atoms with Gasteiger partial charge in [0, 0.05) is 11.6 Å². The van der Waals surface area contributed by atoms with Gasteiger partial charge in [-0.1, -0.05) is 54.1 Å². The minimum absolute atomic E-state index is 0.108. The van der Waals surface area contributed by atoms with Crippen molar-refractivity contribution in [1.82, 2.24) is 0 Å². The number of aryl methyl sites for hydroxylation is 2. The number of hydrogen-bond donors (Lipinski definition) is 0. The molecule has 0 atom stereocenters. The summed E-state index contributed by atoms with van der Waals surface area (Å²) in [7, 11) is 4.86.